The second-order valence-electron chi connectivity index (χ2n) is 2.56. The number of carboxylic acid groups (broad SMARTS) is 1. The van der Waals surface area contributed by atoms with Crippen LogP contribution in [-0.4, -0.2) is 23.0 Å². The summed E-state index contributed by atoms with van der Waals surface area (Å²) in [6.07, 6.45) is 0. The lowest BCUT2D eigenvalue weighted by atomic mass is 10.2. The minimum Gasteiger partial charge on any atom is -0.479 e. The second-order valence-corrected chi connectivity index (χ2v) is 2.56. The van der Waals surface area contributed by atoms with Crippen molar-refractivity contribution < 1.29 is 14.7 Å². The van der Waals surface area contributed by atoms with Gasteiger partial charge in [-0.05, 0) is 0 Å². The fourth-order valence-corrected chi connectivity index (χ4v) is 0.458. The van der Waals surface area contributed by atoms with Crippen molar-refractivity contribution in [1.82, 2.24) is 5.32 Å². The van der Waals surface area contributed by atoms with Crippen LogP contribution in [0.25, 0.3) is 0 Å². The van der Waals surface area contributed by atoms with Gasteiger partial charge in [-0.2, -0.15) is 5.26 Å². The van der Waals surface area contributed by atoms with E-state index in [0.29, 0.717) is 0 Å². The molecular formula is C7H10N2O3. The van der Waals surface area contributed by atoms with Gasteiger partial charge in [0.15, 0.2) is 0 Å². The van der Waals surface area contributed by atoms with E-state index in [2.05, 4.69) is 5.32 Å². The Hall–Kier alpha value is -1.57. The maximum Gasteiger partial charge on any atom is 0.341 e. The molecule has 0 saturated carbocycles. The number of carbonyl (C=O) groups is 2. The summed E-state index contributed by atoms with van der Waals surface area (Å²) in [4.78, 5) is 21.1. The Morgan fingerprint density at radius 2 is 2.00 bits per heavy atom. The summed E-state index contributed by atoms with van der Waals surface area (Å²) in [5.41, 5.74) is 0. The van der Waals surface area contributed by atoms with Crippen molar-refractivity contribution in [2.75, 3.05) is 0 Å². The molecule has 1 amide bonds. The molecule has 0 heterocycles. The lowest BCUT2D eigenvalue weighted by Crippen LogP contribution is -2.41. The molecule has 1 atom stereocenters. The highest BCUT2D eigenvalue weighted by molar-refractivity contribution is 5.86. The van der Waals surface area contributed by atoms with Crippen molar-refractivity contribution in [3.05, 3.63) is 0 Å². The van der Waals surface area contributed by atoms with Crippen LogP contribution in [0, 0.1) is 17.2 Å². The van der Waals surface area contributed by atoms with Crippen molar-refractivity contribution >= 4 is 11.9 Å². The molecule has 1 unspecified atom stereocenters. The quantitative estimate of drug-likeness (QED) is 0.610. The first-order valence-corrected chi connectivity index (χ1v) is 3.41. The highest BCUT2D eigenvalue weighted by Gasteiger charge is 2.19. The van der Waals surface area contributed by atoms with Crippen LogP contribution in [0.4, 0.5) is 0 Å². The van der Waals surface area contributed by atoms with E-state index in [1.165, 1.54) is 6.07 Å². The van der Waals surface area contributed by atoms with Crippen LogP contribution in [-0.2, 0) is 9.59 Å². The number of rotatable bonds is 3. The third-order valence-electron chi connectivity index (χ3n) is 1.19. The Bertz CT molecular complexity index is 229. The molecule has 0 aliphatic carbocycles. The highest BCUT2D eigenvalue weighted by Crippen LogP contribution is 1.92. The van der Waals surface area contributed by atoms with Gasteiger partial charge in [-0.25, -0.2) is 4.79 Å². The maximum atomic E-state index is 10.9. The van der Waals surface area contributed by atoms with Gasteiger partial charge in [0.2, 0.25) is 11.9 Å². The van der Waals surface area contributed by atoms with Gasteiger partial charge in [-0.15, -0.1) is 0 Å². The Balaban J connectivity index is 4.15. The highest BCUT2D eigenvalue weighted by atomic mass is 16.4. The van der Waals surface area contributed by atoms with Gasteiger partial charge in [0.25, 0.3) is 0 Å². The molecule has 5 nitrogen and oxygen atoms in total. The summed E-state index contributed by atoms with van der Waals surface area (Å²) in [6, 6.07) is 0.0112. The summed E-state index contributed by atoms with van der Waals surface area (Å²) >= 11 is 0. The Labute approximate surface area is 70.0 Å². The fraction of sp³-hybridized carbons (Fsp3) is 0.571. The minimum atomic E-state index is -1.44. The molecule has 0 aliphatic rings. The van der Waals surface area contributed by atoms with Crippen molar-refractivity contribution in [1.29, 1.82) is 5.26 Å². The fourth-order valence-electron chi connectivity index (χ4n) is 0.458. The van der Waals surface area contributed by atoms with Crippen molar-refractivity contribution in [2.24, 2.45) is 5.92 Å². The topological polar surface area (TPSA) is 90.2 Å². The standard InChI is InChI=1S/C7H10N2O3/c1-4(2)6(10)9-5(3-8)7(11)12/h4-5H,1-2H3,(H,9,10)(H,11,12). The first kappa shape index (κ1) is 10.4. The molecule has 0 rings (SSSR count). The molecule has 0 fully saturated rings. The zero-order valence-electron chi connectivity index (χ0n) is 6.87. The van der Waals surface area contributed by atoms with Crippen LogP contribution in [0.3, 0.4) is 0 Å². The average Bonchev–Trinajstić information content (AvgIpc) is 1.98. The predicted octanol–water partition coefficient (Wildman–Crippen LogP) is -0.265. The van der Waals surface area contributed by atoms with E-state index in [9.17, 15) is 9.59 Å². The number of nitrogens with one attached hydrogen (secondary N) is 1. The number of carboxylic acids is 1. The monoisotopic (exact) mass is 170 g/mol. The minimum absolute atomic E-state index is 0.319. The van der Waals surface area contributed by atoms with Gasteiger partial charge in [-0.3, -0.25) is 4.79 Å². The van der Waals surface area contributed by atoms with Gasteiger partial charge in [0.05, 0.1) is 6.07 Å². The molecule has 66 valence electrons. The first-order chi connectivity index (χ1) is 5.49. The summed E-state index contributed by atoms with van der Waals surface area (Å²) < 4.78 is 0. The van der Waals surface area contributed by atoms with Crippen LogP contribution in [0.15, 0.2) is 0 Å². The van der Waals surface area contributed by atoms with Gasteiger partial charge < -0.3 is 10.4 Å². The SMILES string of the molecule is CC(C)C(=O)NC(C#N)C(=O)O. The number of hydrogen-bond donors (Lipinski definition) is 2. The van der Waals surface area contributed by atoms with E-state index < -0.39 is 17.9 Å². The molecular weight excluding hydrogens is 160 g/mol. The van der Waals surface area contributed by atoms with Crippen LogP contribution in [0.1, 0.15) is 13.8 Å². The average molecular weight is 170 g/mol. The van der Waals surface area contributed by atoms with E-state index >= 15 is 0 Å². The lowest BCUT2D eigenvalue weighted by Gasteiger charge is -2.08. The molecule has 0 spiro atoms. The van der Waals surface area contributed by atoms with Crippen LogP contribution < -0.4 is 5.32 Å². The summed E-state index contributed by atoms with van der Waals surface area (Å²) in [5, 5.41) is 18.7. The van der Waals surface area contributed by atoms with Crippen LogP contribution in [0.5, 0.6) is 0 Å². The van der Waals surface area contributed by atoms with E-state index in [4.69, 9.17) is 10.4 Å². The molecule has 0 aromatic heterocycles. The zero-order valence-corrected chi connectivity index (χ0v) is 6.87. The number of carbonyl (C=O) groups excluding carboxylic acids is 1. The lowest BCUT2D eigenvalue weighted by molar-refractivity contribution is -0.140. The smallest absolute Gasteiger partial charge is 0.341 e. The van der Waals surface area contributed by atoms with Gasteiger partial charge in [0.1, 0.15) is 0 Å². The van der Waals surface area contributed by atoms with Crippen LogP contribution in [0.2, 0.25) is 0 Å². The molecule has 0 saturated heterocycles. The number of aliphatic carboxylic acids is 1. The predicted molar refractivity (Wildman–Crippen MR) is 40.0 cm³/mol. The van der Waals surface area contributed by atoms with Gasteiger partial charge in [0, 0.05) is 5.92 Å². The molecule has 0 aromatic carbocycles. The zero-order chi connectivity index (χ0) is 9.72. The second kappa shape index (κ2) is 4.34. The molecule has 0 aliphatic heterocycles. The molecule has 5 heteroatoms. The van der Waals surface area contributed by atoms with E-state index in [0.717, 1.165) is 0 Å². The number of hydrogen-bond acceptors (Lipinski definition) is 3. The molecule has 0 radical (unpaired) electrons. The van der Waals surface area contributed by atoms with E-state index in [1.54, 1.807) is 13.8 Å². The number of nitriles is 1. The van der Waals surface area contributed by atoms with Crippen molar-refractivity contribution in [3.8, 4) is 6.07 Å². The summed E-state index contributed by atoms with van der Waals surface area (Å²) in [6.45, 7) is 3.23. The number of amides is 1. The Morgan fingerprint density at radius 3 is 2.25 bits per heavy atom. The third kappa shape index (κ3) is 3.01. The van der Waals surface area contributed by atoms with Crippen molar-refractivity contribution in [2.45, 2.75) is 19.9 Å². The van der Waals surface area contributed by atoms with Crippen LogP contribution >= 0.6 is 0 Å². The summed E-state index contributed by atoms with van der Waals surface area (Å²) in [7, 11) is 0. The molecule has 0 bridgehead atoms. The van der Waals surface area contributed by atoms with Gasteiger partial charge in [-0.1, -0.05) is 13.8 Å². The Kier molecular flexibility index (Phi) is 3.77. The molecule has 2 N–H and O–H groups in total. The van der Waals surface area contributed by atoms with Crippen molar-refractivity contribution in [3.63, 3.8) is 0 Å². The largest absolute Gasteiger partial charge is 0.479 e. The third-order valence-corrected chi connectivity index (χ3v) is 1.19. The van der Waals surface area contributed by atoms with Gasteiger partial charge >= 0.3 is 5.97 Å². The van der Waals surface area contributed by atoms with E-state index in [1.807, 2.05) is 0 Å². The Morgan fingerprint density at radius 1 is 1.50 bits per heavy atom. The molecule has 12 heavy (non-hydrogen) atoms. The first-order valence-electron chi connectivity index (χ1n) is 3.41. The number of nitrogens with zero attached hydrogens (tertiary/aromatic N) is 1. The van der Waals surface area contributed by atoms with E-state index in [-0.39, 0.29) is 5.92 Å². The summed E-state index contributed by atoms with van der Waals surface area (Å²) in [5.74, 6) is -2.10. The molecule has 0 aromatic rings. The normalized spacial score (nSPS) is 11.8. The maximum absolute atomic E-state index is 10.9.